The molecule has 3 aliphatic heterocycles. The van der Waals surface area contributed by atoms with Gasteiger partial charge in [-0.15, -0.1) is 0 Å². The predicted octanol–water partition coefficient (Wildman–Crippen LogP) is 0.295. The number of hydrogen-bond donors (Lipinski definition) is 2. The third-order valence-corrected chi connectivity index (χ3v) is 3.18. The van der Waals surface area contributed by atoms with Gasteiger partial charge in [-0.25, -0.2) is 5.01 Å². The number of rotatable bonds is 0. The third-order valence-electron chi connectivity index (χ3n) is 2.59. The summed E-state index contributed by atoms with van der Waals surface area (Å²) in [5.41, 5.74) is 3.07. The Morgan fingerprint density at radius 1 is 1.46 bits per heavy atom. The average molecular weight is 244 g/mol. The summed E-state index contributed by atoms with van der Waals surface area (Å²) in [6.45, 7) is 0. The molecule has 3 rings (SSSR count). The molecule has 1 saturated heterocycles. The molecule has 13 heavy (non-hydrogen) atoms. The Kier molecular flexibility index (Phi) is 1.46. The summed E-state index contributed by atoms with van der Waals surface area (Å²) in [6, 6.07) is 0. The van der Waals surface area contributed by atoms with Crippen LogP contribution in [0.2, 0.25) is 0 Å². The maximum absolute atomic E-state index is 4.06. The van der Waals surface area contributed by atoms with E-state index in [1.165, 1.54) is 0 Å². The highest BCUT2D eigenvalue weighted by Gasteiger charge is 2.38. The summed E-state index contributed by atoms with van der Waals surface area (Å²) in [7, 11) is 0. The fraction of sp³-hybridized carbons (Fsp3) is 0.571. The van der Waals surface area contributed by atoms with Crippen molar-refractivity contribution in [2.45, 2.75) is 25.2 Å². The van der Waals surface area contributed by atoms with Gasteiger partial charge in [-0.05, 0) is 28.8 Å². The van der Waals surface area contributed by atoms with Crippen molar-refractivity contribution >= 4 is 22.3 Å². The Hall–Kier alpha value is -0.910. The summed E-state index contributed by atoms with van der Waals surface area (Å²) in [5, 5.41) is 11.7. The number of hydrogen-bond acceptors (Lipinski definition) is 5. The zero-order valence-corrected chi connectivity index (χ0v) is 8.53. The zero-order valence-electron chi connectivity index (χ0n) is 6.94. The van der Waals surface area contributed by atoms with Crippen molar-refractivity contribution < 1.29 is 0 Å². The van der Waals surface area contributed by atoms with Crippen LogP contribution < -0.4 is 10.7 Å². The molecule has 0 radical (unpaired) electrons. The molecule has 0 saturated carbocycles. The van der Waals surface area contributed by atoms with Crippen molar-refractivity contribution in [1.29, 1.82) is 0 Å². The molecule has 0 aromatic heterocycles. The van der Waals surface area contributed by atoms with Gasteiger partial charge in [0.15, 0.2) is 0 Å². The number of hydrazine groups is 1. The first-order valence-electron chi connectivity index (χ1n) is 4.34. The molecular weight excluding hydrogens is 234 g/mol. The minimum absolute atomic E-state index is 0.331. The molecule has 0 aliphatic carbocycles. The Morgan fingerprint density at radius 2 is 2.31 bits per heavy atom. The molecule has 0 spiro atoms. The molecule has 5 nitrogen and oxygen atoms in total. The second-order valence-corrected chi connectivity index (χ2v) is 4.15. The van der Waals surface area contributed by atoms with Crippen molar-refractivity contribution in [2.24, 2.45) is 5.10 Å². The Morgan fingerprint density at radius 3 is 3.23 bits per heavy atom. The maximum Gasteiger partial charge on any atom is 0.136 e. The Labute approximate surface area is 84.5 Å². The van der Waals surface area contributed by atoms with Crippen LogP contribution in [0, 0.1) is 0 Å². The highest BCUT2D eigenvalue weighted by molar-refractivity contribution is 9.11. The van der Waals surface area contributed by atoms with Gasteiger partial charge >= 0.3 is 0 Å². The molecule has 3 aliphatic rings. The first-order valence-corrected chi connectivity index (χ1v) is 5.13. The first kappa shape index (κ1) is 7.49. The van der Waals surface area contributed by atoms with E-state index in [2.05, 4.69) is 41.8 Å². The van der Waals surface area contributed by atoms with Crippen LogP contribution in [0.25, 0.3) is 0 Å². The monoisotopic (exact) mass is 243 g/mol. The molecule has 1 fully saturated rings. The van der Waals surface area contributed by atoms with Gasteiger partial charge in [-0.3, -0.25) is 10.4 Å². The fourth-order valence-corrected chi connectivity index (χ4v) is 2.53. The van der Waals surface area contributed by atoms with Crippen LogP contribution in [0.1, 0.15) is 12.8 Å². The van der Waals surface area contributed by atoms with Crippen molar-refractivity contribution in [3.05, 3.63) is 10.8 Å². The number of hydrazone groups is 1. The molecule has 6 heteroatoms. The smallest absolute Gasteiger partial charge is 0.136 e. The van der Waals surface area contributed by atoms with E-state index >= 15 is 0 Å². The molecule has 70 valence electrons. The predicted molar refractivity (Wildman–Crippen MR) is 52.3 cm³/mol. The van der Waals surface area contributed by atoms with Crippen molar-refractivity contribution in [2.75, 3.05) is 0 Å². The van der Waals surface area contributed by atoms with Crippen LogP contribution in [0.5, 0.6) is 0 Å². The lowest BCUT2D eigenvalue weighted by Crippen LogP contribution is -2.56. The second-order valence-electron chi connectivity index (χ2n) is 3.34. The highest BCUT2D eigenvalue weighted by Crippen LogP contribution is 2.31. The molecule has 0 aromatic carbocycles. The topological polar surface area (TPSA) is 42.9 Å². The number of halogens is 1. The van der Waals surface area contributed by atoms with E-state index in [0.717, 1.165) is 17.4 Å². The van der Waals surface area contributed by atoms with Crippen LogP contribution in [-0.2, 0) is 0 Å². The molecular formula is C7H10BrN5. The van der Waals surface area contributed by atoms with E-state index in [4.69, 9.17) is 0 Å². The molecule has 0 amide bonds. The molecule has 3 heterocycles. The van der Waals surface area contributed by atoms with Gasteiger partial charge in [0.05, 0.1) is 0 Å². The van der Waals surface area contributed by atoms with E-state index < -0.39 is 0 Å². The number of nitrogens with zero attached hydrogens (tertiary/aromatic N) is 3. The van der Waals surface area contributed by atoms with Gasteiger partial charge in [0, 0.05) is 6.20 Å². The molecule has 0 aromatic rings. The summed E-state index contributed by atoms with van der Waals surface area (Å²) in [6.07, 6.45) is 6.78. The van der Waals surface area contributed by atoms with Gasteiger partial charge in [-0.1, -0.05) is 0 Å². The minimum atomic E-state index is 0.331. The molecule has 0 bridgehead atoms. The lowest BCUT2D eigenvalue weighted by molar-refractivity contribution is -0.0212. The zero-order chi connectivity index (χ0) is 8.84. The quantitative estimate of drug-likeness (QED) is 0.601. The van der Waals surface area contributed by atoms with Gasteiger partial charge in [0.2, 0.25) is 0 Å². The Bertz CT molecular complexity index is 289. The fourth-order valence-electron chi connectivity index (χ4n) is 1.96. The van der Waals surface area contributed by atoms with Crippen LogP contribution in [0.4, 0.5) is 0 Å². The Balaban J connectivity index is 1.91. The number of fused-ring (bicyclic) bond motifs is 3. The van der Waals surface area contributed by atoms with Crippen LogP contribution in [-0.4, -0.2) is 28.7 Å². The van der Waals surface area contributed by atoms with E-state index in [0.29, 0.717) is 12.3 Å². The minimum Gasteiger partial charge on any atom is -0.368 e. The van der Waals surface area contributed by atoms with E-state index in [-0.39, 0.29) is 0 Å². The number of nitrogens with one attached hydrogen (secondary N) is 2. The average Bonchev–Trinajstić information content (AvgIpc) is 2.70. The summed E-state index contributed by atoms with van der Waals surface area (Å²) < 4.78 is 1.07. The third kappa shape index (κ3) is 0.948. The standard InChI is InChI=1S/C7H10BrN5/c8-5-3-9-6-1-2-7-11-10-4-12(7)13(5)6/h3-4,6-7,9,11H,1-2H2. The SMILES string of the molecule is BrC1=CNC2CCC3NN=CN3N12. The molecule has 2 N–H and O–H groups in total. The van der Waals surface area contributed by atoms with Crippen molar-refractivity contribution in [3.63, 3.8) is 0 Å². The van der Waals surface area contributed by atoms with Crippen LogP contribution >= 0.6 is 15.9 Å². The normalized spacial score (nSPS) is 35.0. The van der Waals surface area contributed by atoms with Gasteiger partial charge in [0.25, 0.3) is 0 Å². The molecule has 2 unspecified atom stereocenters. The largest absolute Gasteiger partial charge is 0.368 e. The summed E-state index contributed by atoms with van der Waals surface area (Å²) >= 11 is 3.51. The van der Waals surface area contributed by atoms with Gasteiger partial charge in [0.1, 0.15) is 23.3 Å². The lowest BCUT2D eigenvalue weighted by Gasteiger charge is -2.42. The highest BCUT2D eigenvalue weighted by atomic mass is 79.9. The van der Waals surface area contributed by atoms with Gasteiger partial charge < -0.3 is 5.32 Å². The van der Waals surface area contributed by atoms with E-state index in [9.17, 15) is 0 Å². The second kappa shape index (κ2) is 2.54. The summed E-state index contributed by atoms with van der Waals surface area (Å²) in [5.74, 6) is 0. The van der Waals surface area contributed by atoms with Crippen molar-refractivity contribution in [3.8, 4) is 0 Å². The summed E-state index contributed by atoms with van der Waals surface area (Å²) in [4.78, 5) is 0. The lowest BCUT2D eigenvalue weighted by atomic mass is 10.2. The van der Waals surface area contributed by atoms with Gasteiger partial charge in [-0.2, -0.15) is 5.10 Å². The maximum atomic E-state index is 4.06. The van der Waals surface area contributed by atoms with E-state index in [1.54, 1.807) is 0 Å². The first-order chi connectivity index (χ1) is 6.36. The molecule has 2 atom stereocenters. The van der Waals surface area contributed by atoms with Crippen molar-refractivity contribution in [1.82, 2.24) is 20.8 Å². The van der Waals surface area contributed by atoms with E-state index in [1.807, 2.05) is 12.5 Å². The van der Waals surface area contributed by atoms with Crippen LogP contribution in [0.3, 0.4) is 0 Å². The van der Waals surface area contributed by atoms with Crippen LogP contribution in [0.15, 0.2) is 15.9 Å².